The summed E-state index contributed by atoms with van der Waals surface area (Å²) in [5, 5.41) is 0. The second kappa shape index (κ2) is 8.99. The van der Waals surface area contributed by atoms with E-state index in [9.17, 15) is 9.59 Å². The zero-order valence-corrected chi connectivity index (χ0v) is 18.2. The topological polar surface area (TPSA) is 89.5 Å². The average Bonchev–Trinajstić information content (AvgIpc) is 3.10. The lowest BCUT2D eigenvalue weighted by Gasteiger charge is -2.15. The third-order valence-corrected chi connectivity index (χ3v) is 4.86. The predicted octanol–water partition coefficient (Wildman–Crippen LogP) is 3.58. The van der Waals surface area contributed by atoms with Gasteiger partial charge in [-0.1, -0.05) is 0 Å². The smallest absolute Gasteiger partial charge is 0.346 e. The molecule has 164 valence electrons. The van der Waals surface area contributed by atoms with Crippen molar-refractivity contribution in [3.63, 3.8) is 0 Å². The van der Waals surface area contributed by atoms with E-state index in [-0.39, 0.29) is 11.5 Å². The Hall–Kier alpha value is -3.68. The standard InChI is InChI=1S/C23H24O8/c1-12-16(30-13(2)23(25)29-6)8-7-15-20(24)17(31-21(12)15)9-14-10-18(26-3)22(28-5)19(11-14)27-4/h7-11,13H,1-6H3. The Labute approximate surface area is 180 Å². The molecule has 0 radical (unpaired) electrons. The summed E-state index contributed by atoms with van der Waals surface area (Å²) < 4.78 is 32.3. The van der Waals surface area contributed by atoms with Crippen molar-refractivity contribution in [2.75, 3.05) is 28.4 Å². The van der Waals surface area contributed by atoms with E-state index in [0.717, 1.165) is 0 Å². The van der Waals surface area contributed by atoms with E-state index in [4.69, 9.17) is 23.7 Å². The van der Waals surface area contributed by atoms with E-state index in [1.807, 2.05) is 0 Å². The van der Waals surface area contributed by atoms with Gasteiger partial charge in [0.25, 0.3) is 0 Å². The second-order valence-corrected chi connectivity index (χ2v) is 6.75. The molecular weight excluding hydrogens is 404 g/mol. The molecule has 1 aliphatic rings. The summed E-state index contributed by atoms with van der Waals surface area (Å²) in [4.78, 5) is 24.5. The Morgan fingerprint density at radius 3 is 2.19 bits per heavy atom. The number of Topliss-reactive ketones (excluding diaryl/α,β-unsaturated/α-hetero) is 1. The van der Waals surface area contributed by atoms with Gasteiger partial charge in [0.2, 0.25) is 11.5 Å². The molecule has 1 heterocycles. The maximum absolute atomic E-state index is 12.9. The van der Waals surface area contributed by atoms with Crippen molar-refractivity contribution >= 4 is 17.8 Å². The number of allylic oxidation sites excluding steroid dienone is 1. The van der Waals surface area contributed by atoms with Crippen LogP contribution in [-0.4, -0.2) is 46.3 Å². The minimum atomic E-state index is -0.798. The molecule has 31 heavy (non-hydrogen) atoms. The lowest BCUT2D eigenvalue weighted by Crippen LogP contribution is -2.25. The summed E-state index contributed by atoms with van der Waals surface area (Å²) in [5.74, 6) is 1.56. The van der Waals surface area contributed by atoms with Crippen LogP contribution in [0.2, 0.25) is 0 Å². The summed E-state index contributed by atoms with van der Waals surface area (Å²) in [5.41, 5.74) is 1.66. The number of fused-ring (bicyclic) bond motifs is 1. The molecule has 2 aromatic rings. The van der Waals surface area contributed by atoms with Gasteiger partial charge in [0.15, 0.2) is 23.4 Å². The number of methoxy groups -OCH3 is 4. The van der Waals surface area contributed by atoms with Crippen LogP contribution in [-0.2, 0) is 9.53 Å². The number of hydrogen-bond acceptors (Lipinski definition) is 8. The number of hydrogen-bond donors (Lipinski definition) is 0. The van der Waals surface area contributed by atoms with Crippen molar-refractivity contribution in [1.82, 2.24) is 0 Å². The van der Waals surface area contributed by atoms with Crippen molar-refractivity contribution < 1.29 is 38.0 Å². The van der Waals surface area contributed by atoms with Crippen molar-refractivity contribution in [2.24, 2.45) is 0 Å². The SMILES string of the molecule is COC(=O)C(C)Oc1ccc2c(c1C)OC(=Cc1cc(OC)c(OC)c(OC)c1)C2=O. The van der Waals surface area contributed by atoms with Crippen LogP contribution in [0.3, 0.4) is 0 Å². The molecule has 1 aliphatic heterocycles. The molecule has 0 aliphatic carbocycles. The minimum absolute atomic E-state index is 0.144. The molecule has 2 aromatic carbocycles. The highest BCUT2D eigenvalue weighted by atomic mass is 16.6. The van der Waals surface area contributed by atoms with Crippen LogP contribution in [0.1, 0.15) is 28.4 Å². The van der Waals surface area contributed by atoms with Gasteiger partial charge < -0.3 is 28.4 Å². The molecule has 1 unspecified atom stereocenters. The van der Waals surface area contributed by atoms with Crippen LogP contribution < -0.4 is 23.7 Å². The van der Waals surface area contributed by atoms with Crippen LogP contribution in [0.4, 0.5) is 0 Å². The van der Waals surface area contributed by atoms with Gasteiger partial charge in [0.05, 0.1) is 34.0 Å². The van der Waals surface area contributed by atoms with E-state index in [1.165, 1.54) is 28.4 Å². The number of esters is 1. The fraction of sp³-hybridized carbons (Fsp3) is 0.304. The Morgan fingerprint density at radius 2 is 1.65 bits per heavy atom. The number of carbonyl (C=O) groups excluding carboxylic acids is 2. The van der Waals surface area contributed by atoms with Crippen molar-refractivity contribution in [2.45, 2.75) is 20.0 Å². The zero-order valence-electron chi connectivity index (χ0n) is 18.2. The average molecular weight is 428 g/mol. The summed E-state index contributed by atoms with van der Waals surface area (Å²) in [6.07, 6.45) is 0.803. The maximum atomic E-state index is 12.9. The molecular formula is C23H24O8. The maximum Gasteiger partial charge on any atom is 0.346 e. The Kier molecular flexibility index (Phi) is 6.39. The van der Waals surface area contributed by atoms with E-state index in [0.29, 0.717) is 45.4 Å². The summed E-state index contributed by atoms with van der Waals surface area (Å²) >= 11 is 0. The van der Waals surface area contributed by atoms with Gasteiger partial charge in [0, 0.05) is 5.56 Å². The summed E-state index contributed by atoms with van der Waals surface area (Å²) in [6, 6.07) is 6.68. The van der Waals surface area contributed by atoms with Crippen LogP contribution in [0.15, 0.2) is 30.0 Å². The van der Waals surface area contributed by atoms with Crippen LogP contribution in [0, 0.1) is 6.92 Å². The first-order chi connectivity index (χ1) is 14.8. The van der Waals surface area contributed by atoms with Gasteiger partial charge in [-0.15, -0.1) is 0 Å². The van der Waals surface area contributed by atoms with Crippen LogP contribution in [0.5, 0.6) is 28.7 Å². The van der Waals surface area contributed by atoms with Gasteiger partial charge in [-0.3, -0.25) is 4.79 Å². The largest absolute Gasteiger partial charge is 0.493 e. The third-order valence-electron chi connectivity index (χ3n) is 4.86. The fourth-order valence-corrected chi connectivity index (χ4v) is 3.24. The first-order valence-corrected chi connectivity index (χ1v) is 9.46. The molecule has 0 N–H and O–H groups in total. The van der Waals surface area contributed by atoms with Gasteiger partial charge >= 0.3 is 5.97 Å². The van der Waals surface area contributed by atoms with Gasteiger partial charge in [0.1, 0.15) is 11.5 Å². The summed E-state index contributed by atoms with van der Waals surface area (Å²) in [7, 11) is 5.84. The molecule has 0 spiro atoms. The number of ether oxygens (including phenoxy) is 6. The first kappa shape index (κ1) is 22.0. The number of carbonyl (C=O) groups is 2. The number of ketones is 1. The van der Waals surface area contributed by atoms with Gasteiger partial charge in [-0.25, -0.2) is 4.79 Å². The fourth-order valence-electron chi connectivity index (χ4n) is 3.24. The molecule has 0 bridgehead atoms. The van der Waals surface area contributed by atoms with Crippen molar-refractivity contribution in [3.05, 3.63) is 46.7 Å². The first-order valence-electron chi connectivity index (χ1n) is 9.46. The van der Waals surface area contributed by atoms with E-state index < -0.39 is 12.1 Å². The van der Waals surface area contributed by atoms with Gasteiger partial charge in [-0.05, 0) is 49.8 Å². The molecule has 3 rings (SSSR count). The molecule has 0 aromatic heterocycles. The third kappa shape index (κ3) is 4.14. The lowest BCUT2D eigenvalue weighted by atomic mass is 10.1. The van der Waals surface area contributed by atoms with Crippen LogP contribution in [0.25, 0.3) is 6.08 Å². The highest BCUT2D eigenvalue weighted by Gasteiger charge is 2.31. The molecule has 8 nitrogen and oxygen atoms in total. The molecule has 0 saturated carbocycles. The number of benzene rings is 2. The van der Waals surface area contributed by atoms with Crippen molar-refractivity contribution in [3.8, 4) is 28.7 Å². The molecule has 1 atom stereocenters. The summed E-state index contributed by atoms with van der Waals surface area (Å²) in [6.45, 7) is 3.34. The Bertz CT molecular complexity index is 1030. The highest BCUT2D eigenvalue weighted by molar-refractivity contribution is 6.15. The second-order valence-electron chi connectivity index (χ2n) is 6.75. The van der Waals surface area contributed by atoms with E-state index in [2.05, 4.69) is 4.74 Å². The number of rotatable bonds is 7. The molecule has 0 saturated heterocycles. The Balaban J connectivity index is 1.95. The van der Waals surface area contributed by atoms with E-state index >= 15 is 0 Å². The van der Waals surface area contributed by atoms with Gasteiger partial charge in [-0.2, -0.15) is 0 Å². The predicted molar refractivity (Wildman–Crippen MR) is 112 cm³/mol. The highest BCUT2D eigenvalue weighted by Crippen LogP contribution is 2.42. The minimum Gasteiger partial charge on any atom is -0.493 e. The van der Waals surface area contributed by atoms with Crippen LogP contribution >= 0.6 is 0 Å². The van der Waals surface area contributed by atoms with Crippen molar-refractivity contribution in [1.29, 1.82) is 0 Å². The molecule has 0 amide bonds. The monoisotopic (exact) mass is 428 g/mol. The Morgan fingerprint density at radius 1 is 1.00 bits per heavy atom. The van der Waals surface area contributed by atoms with E-state index in [1.54, 1.807) is 44.2 Å². The molecule has 0 fully saturated rings. The molecule has 8 heteroatoms. The normalized spacial score (nSPS) is 14.5. The lowest BCUT2D eigenvalue weighted by molar-refractivity contribution is -0.147. The zero-order chi connectivity index (χ0) is 22.7. The quantitative estimate of drug-likeness (QED) is 0.488.